The first-order valence-corrected chi connectivity index (χ1v) is 6.38. The first-order chi connectivity index (χ1) is 9.10. The zero-order valence-corrected chi connectivity index (χ0v) is 11.7. The van der Waals surface area contributed by atoms with E-state index in [-0.39, 0.29) is 0 Å². The molecular formula is C14H20N4O. The minimum Gasteiger partial charge on any atom is -0.487 e. The molecule has 0 saturated heterocycles. The van der Waals surface area contributed by atoms with Crippen LogP contribution in [0.2, 0.25) is 0 Å². The molecule has 0 amide bonds. The number of aromatic nitrogens is 3. The molecule has 0 fully saturated rings. The van der Waals surface area contributed by atoms with Gasteiger partial charge in [-0.2, -0.15) is 0 Å². The monoisotopic (exact) mass is 260 g/mol. The lowest BCUT2D eigenvalue weighted by atomic mass is 10.0. The number of aryl methyl sites for hydroxylation is 3. The van der Waals surface area contributed by atoms with Crippen molar-refractivity contribution in [1.82, 2.24) is 15.0 Å². The Morgan fingerprint density at radius 3 is 2.47 bits per heavy atom. The first kappa shape index (κ1) is 13.5. The number of hydrogen-bond donors (Lipinski definition) is 1. The van der Waals surface area contributed by atoms with E-state index in [1.807, 2.05) is 13.2 Å². The van der Waals surface area contributed by atoms with Gasteiger partial charge in [-0.15, -0.1) is 5.10 Å². The standard InChI is InChI=1S/C14H20N4O/c1-10-6-12(4-5-15)7-11(2)14(10)19-9-13-8-18(3)17-16-13/h6-8H,4-5,9,15H2,1-3H3. The maximum atomic E-state index is 5.85. The van der Waals surface area contributed by atoms with Crippen LogP contribution in [-0.2, 0) is 20.1 Å². The van der Waals surface area contributed by atoms with Crippen molar-refractivity contribution < 1.29 is 4.74 Å². The summed E-state index contributed by atoms with van der Waals surface area (Å²) in [6.45, 7) is 5.21. The van der Waals surface area contributed by atoms with Gasteiger partial charge < -0.3 is 10.5 Å². The second-order valence-electron chi connectivity index (χ2n) is 4.77. The van der Waals surface area contributed by atoms with E-state index in [1.165, 1.54) is 5.56 Å². The van der Waals surface area contributed by atoms with Crippen LogP contribution in [0.3, 0.4) is 0 Å². The molecule has 0 spiro atoms. The van der Waals surface area contributed by atoms with Crippen LogP contribution in [-0.4, -0.2) is 21.5 Å². The molecule has 102 valence electrons. The largest absolute Gasteiger partial charge is 0.487 e. The zero-order chi connectivity index (χ0) is 13.8. The number of rotatable bonds is 5. The number of hydrogen-bond acceptors (Lipinski definition) is 4. The Morgan fingerprint density at radius 1 is 1.26 bits per heavy atom. The summed E-state index contributed by atoms with van der Waals surface area (Å²) in [5, 5.41) is 7.89. The molecule has 0 bridgehead atoms. The van der Waals surface area contributed by atoms with E-state index in [4.69, 9.17) is 10.5 Å². The van der Waals surface area contributed by atoms with Crippen molar-refractivity contribution in [1.29, 1.82) is 0 Å². The van der Waals surface area contributed by atoms with Crippen molar-refractivity contribution >= 4 is 0 Å². The number of ether oxygens (including phenoxy) is 1. The highest BCUT2D eigenvalue weighted by molar-refractivity contribution is 5.43. The summed E-state index contributed by atoms with van der Waals surface area (Å²) in [5.74, 6) is 0.923. The van der Waals surface area contributed by atoms with Gasteiger partial charge in [-0.3, -0.25) is 4.68 Å². The van der Waals surface area contributed by atoms with Gasteiger partial charge in [-0.25, -0.2) is 0 Å². The lowest BCUT2D eigenvalue weighted by Gasteiger charge is -2.13. The van der Waals surface area contributed by atoms with Crippen LogP contribution in [0, 0.1) is 13.8 Å². The van der Waals surface area contributed by atoms with Gasteiger partial charge in [-0.05, 0) is 43.5 Å². The topological polar surface area (TPSA) is 66.0 Å². The van der Waals surface area contributed by atoms with Gasteiger partial charge in [0.2, 0.25) is 0 Å². The quantitative estimate of drug-likeness (QED) is 0.885. The van der Waals surface area contributed by atoms with Gasteiger partial charge in [0.1, 0.15) is 18.1 Å². The average molecular weight is 260 g/mol. The average Bonchev–Trinajstić information content (AvgIpc) is 2.74. The van der Waals surface area contributed by atoms with E-state index in [9.17, 15) is 0 Å². The molecule has 2 aromatic rings. The normalized spacial score (nSPS) is 10.7. The van der Waals surface area contributed by atoms with Crippen molar-refractivity contribution in [3.8, 4) is 5.75 Å². The molecule has 2 N–H and O–H groups in total. The first-order valence-electron chi connectivity index (χ1n) is 6.38. The van der Waals surface area contributed by atoms with Crippen LogP contribution < -0.4 is 10.5 Å². The van der Waals surface area contributed by atoms with Crippen molar-refractivity contribution in [3.05, 3.63) is 40.7 Å². The lowest BCUT2D eigenvalue weighted by molar-refractivity contribution is 0.297. The second-order valence-corrected chi connectivity index (χ2v) is 4.77. The highest BCUT2D eigenvalue weighted by Gasteiger charge is 2.08. The third-order valence-electron chi connectivity index (χ3n) is 2.97. The van der Waals surface area contributed by atoms with Crippen LogP contribution in [0.4, 0.5) is 0 Å². The zero-order valence-electron chi connectivity index (χ0n) is 11.7. The summed E-state index contributed by atoms with van der Waals surface area (Å²) in [4.78, 5) is 0. The van der Waals surface area contributed by atoms with Crippen LogP contribution >= 0.6 is 0 Å². The molecule has 0 radical (unpaired) electrons. The molecule has 0 unspecified atom stereocenters. The second kappa shape index (κ2) is 5.84. The maximum Gasteiger partial charge on any atom is 0.134 e. The van der Waals surface area contributed by atoms with Gasteiger partial charge in [0, 0.05) is 7.05 Å². The highest BCUT2D eigenvalue weighted by atomic mass is 16.5. The van der Waals surface area contributed by atoms with Gasteiger partial charge in [0.05, 0.1) is 6.20 Å². The Balaban J connectivity index is 2.11. The summed E-state index contributed by atoms with van der Waals surface area (Å²) in [7, 11) is 1.84. The Bertz CT molecular complexity index is 539. The number of benzene rings is 1. The summed E-state index contributed by atoms with van der Waals surface area (Å²) in [6, 6.07) is 4.26. The molecule has 0 atom stereocenters. The maximum absolute atomic E-state index is 5.85. The van der Waals surface area contributed by atoms with Crippen molar-refractivity contribution in [2.24, 2.45) is 12.8 Å². The summed E-state index contributed by atoms with van der Waals surface area (Å²) in [5.41, 5.74) is 9.93. The predicted octanol–water partition coefficient (Wildman–Crippen LogP) is 1.51. The van der Waals surface area contributed by atoms with Gasteiger partial charge in [0.25, 0.3) is 0 Å². The molecule has 5 heteroatoms. The van der Waals surface area contributed by atoms with E-state index in [0.29, 0.717) is 13.2 Å². The van der Waals surface area contributed by atoms with E-state index < -0.39 is 0 Å². The summed E-state index contributed by atoms with van der Waals surface area (Å²) >= 11 is 0. The Morgan fingerprint density at radius 2 is 1.95 bits per heavy atom. The third-order valence-corrected chi connectivity index (χ3v) is 2.97. The third kappa shape index (κ3) is 3.32. The summed E-state index contributed by atoms with van der Waals surface area (Å²) < 4.78 is 7.52. The van der Waals surface area contributed by atoms with Crippen LogP contribution in [0.5, 0.6) is 5.75 Å². The molecule has 0 saturated carbocycles. The molecule has 1 aromatic heterocycles. The van der Waals surface area contributed by atoms with Crippen LogP contribution in [0.1, 0.15) is 22.4 Å². The van der Waals surface area contributed by atoms with E-state index >= 15 is 0 Å². The molecule has 0 aliphatic heterocycles. The van der Waals surface area contributed by atoms with Crippen LogP contribution in [0.15, 0.2) is 18.3 Å². The van der Waals surface area contributed by atoms with Crippen LogP contribution in [0.25, 0.3) is 0 Å². The summed E-state index contributed by atoms with van der Waals surface area (Å²) in [6.07, 6.45) is 2.75. The van der Waals surface area contributed by atoms with E-state index in [2.05, 4.69) is 36.3 Å². The van der Waals surface area contributed by atoms with E-state index in [1.54, 1.807) is 4.68 Å². The molecular weight excluding hydrogens is 240 g/mol. The smallest absolute Gasteiger partial charge is 0.134 e. The molecule has 5 nitrogen and oxygen atoms in total. The molecule has 0 aliphatic carbocycles. The molecule has 19 heavy (non-hydrogen) atoms. The van der Waals surface area contributed by atoms with Crippen molar-refractivity contribution in [3.63, 3.8) is 0 Å². The molecule has 1 aromatic carbocycles. The van der Waals surface area contributed by atoms with Gasteiger partial charge in [-0.1, -0.05) is 17.3 Å². The van der Waals surface area contributed by atoms with E-state index in [0.717, 1.165) is 29.0 Å². The minimum absolute atomic E-state index is 0.436. The van der Waals surface area contributed by atoms with Crippen molar-refractivity contribution in [2.45, 2.75) is 26.9 Å². The fourth-order valence-corrected chi connectivity index (χ4v) is 2.19. The highest BCUT2D eigenvalue weighted by Crippen LogP contribution is 2.25. The predicted molar refractivity (Wildman–Crippen MR) is 74.0 cm³/mol. The fourth-order valence-electron chi connectivity index (χ4n) is 2.19. The SMILES string of the molecule is Cc1cc(CCN)cc(C)c1OCc1cn(C)nn1. The molecule has 0 aliphatic rings. The fraction of sp³-hybridized carbons (Fsp3) is 0.429. The molecule has 1 heterocycles. The number of nitrogens with two attached hydrogens (primary N) is 1. The number of nitrogens with zero attached hydrogens (tertiary/aromatic N) is 3. The van der Waals surface area contributed by atoms with Crippen molar-refractivity contribution in [2.75, 3.05) is 6.54 Å². The molecule has 2 rings (SSSR count). The Labute approximate surface area is 113 Å². The Hall–Kier alpha value is -1.88. The lowest BCUT2D eigenvalue weighted by Crippen LogP contribution is -2.05. The van der Waals surface area contributed by atoms with Gasteiger partial charge >= 0.3 is 0 Å². The minimum atomic E-state index is 0.436. The van der Waals surface area contributed by atoms with Gasteiger partial charge in [0.15, 0.2) is 0 Å². The Kier molecular flexibility index (Phi) is 4.16.